The Bertz CT molecular complexity index is 1310. The average Bonchev–Trinajstić information content (AvgIpc) is 3.17. The number of halogens is 3. The molecule has 1 spiro atoms. The molecule has 0 saturated carbocycles. The van der Waals surface area contributed by atoms with Gasteiger partial charge in [-0.15, -0.1) is 0 Å². The van der Waals surface area contributed by atoms with E-state index < -0.39 is 23.4 Å². The molecule has 3 aromatic carbocycles. The van der Waals surface area contributed by atoms with Crippen LogP contribution in [-0.2, 0) is 17.5 Å². The van der Waals surface area contributed by atoms with E-state index in [0.717, 1.165) is 22.4 Å². The molecule has 3 amide bonds. The zero-order valence-corrected chi connectivity index (χ0v) is 20.4. The molecule has 9 heteroatoms. The Morgan fingerprint density at radius 2 is 1.70 bits per heavy atom. The van der Waals surface area contributed by atoms with Crippen molar-refractivity contribution in [3.05, 3.63) is 83.4 Å². The maximum absolute atomic E-state index is 13.4. The molecule has 2 fully saturated rings. The zero-order chi connectivity index (χ0) is 26.2. The Labute approximate surface area is 213 Å². The van der Waals surface area contributed by atoms with Gasteiger partial charge in [0.25, 0.3) is 0 Å². The molecule has 2 saturated heterocycles. The number of carbonyl (C=O) groups excluding carboxylic acids is 2. The molecule has 0 aromatic heterocycles. The molecule has 1 atom stereocenters. The summed E-state index contributed by atoms with van der Waals surface area (Å²) < 4.78 is 45.8. The first-order chi connectivity index (χ1) is 17.7. The SMILES string of the molecule is CC(NC(=O)N1CCC2(CC1)CN(Cc1ccccc1C(F)(F)F)C(=O)O2)c1cccc2ccccc12. The molecule has 37 heavy (non-hydrogen) atoms. The molecule has 5 rings (SSSR count). The minimum atomic E-state index is -4.50. The largest absolute Gasteiger partial charge is 0.441 e. The normalized spacial score (nSPS) is 18.2. The second kappa shape index (κ2) is 9.61. The van der Waals surface area contributed by atoms with Gasteiger partial charge in [0.05, 0.1) is 18.2 Å². The third kappa shape index (κ3) is 5.08. The fourth-order valence-electron chi connectivity index (χ4n) is 5.32. The fraction of sp³-hybridized carbons (Fsp3) is 0.357. The number of carbonyl (C=O) groups is 2. The van der Waals surface area contributed by atoms with Crippen LogP contribution in [0.2, 0.25) is 0 Å². The molecule has 1 N–H and O–H groups in total. The van der Waals surface area contributed by atoms with Crippen LogP contribution in [0.1, 0.15) is 42.5 Å². The van der Waals surface area contributed by atoms with Crippen LogP contribution in [0.25, 0.3) is 10.8 Å². The summed E-state index contributed by atoms with van der Waals surface area (Å²) in [5.74, 6) is 0. The highest BCUT2D eigenvalue weighted by Gasteiger charge is 2.48. The van der Waals surface area contributed by atoms with Crippen molar-refractivity contribution in [2.45, 2.75) is 44.1 Å². The van der Waals surface area contributed by atoms with E-state index in [2.05, 4.69) is 5.32 Å². The standard InChI is InChI=1S/C28H28F3N3O3/c1-19(22-11-6-9-20-7-2-4-10-23(20)22)32-25(35)33-15-13-27(14-16-33)18-34(26(36)37-27)17-21-8-3-5-12-24(21)28(29,30)31/h2-12,19H,13-18H2,1H3,(H,32,35). The lowest BCUT2D eigenvalue weighted by Crippen LogP contribution is -2.51. The third-order valence-electron chi connectivity index (χ3n) is 7.32. The molecular formula is C28H28F3N3O3. The molecule has 3 aromatic rings. The van der Waals surface area contributed by atoms with Crippen LogP contribution in [0.3, 0.4) is 0 Å². The van der Waals surface area contributed by atoms with Gasteiger partial charge in [-0.25, -0.2) is 9.59 Å². The minimum absolute atomic E-state index is 0.0308. The van der Waals surface area contributed by atoms with Crippen molar-refractivity contribution in [3.8, 4) is 0 Å². The van der Waals surface area contributed by atoms with Crippen molar-refractivity contribution in [3.63, 3.8) is 0 Å². The highest BCUT2D eigenvalue weighted by atomic mass is 19.4. The van der Waals surface area contributed by atoms with Gasteiger partial charge in [0.15, 0.2) is 0 Å². The highest BCUT2D eigenvalue weighted by molar-refractivity contribution is 5.86. The number of amides is 3. The van der Waals surface area contributed by atoms with Crippen molar-refractivity contribution in [1.82, 2.24) is 15.1 Å². The first kappa shape index (κ1) is 24.9. The smallest absolute Gasteiger partial charge is 0.416 e. The van der Waals surface area contributed by atoms with Crippen LogP contribution in [0.15, 0.2) is 66.7 Å². The zero-order valence-electron chi connectivity index (χ0n) is 20.4. The molecular weight excluding hydrogens is 483 g/mol. The van der Waals surface area contributed by atoms with Crippen LogP contribution >= 0.6 is 0 Å². The van der Waals surface area contributed by atoms with E-state index in [1.807, 2.05) is 49.4 Å². The van der Waals surface area contributed by atoms with Gasteiger partial charge in [-0.05, 0) is 34.9 Å². The molecule has 2 aliphatic heterocycles. The van der Waals surface area contributed by atoms with Gasteiger partial charge in [0.1, 0.15) is 5.60 Å². The van der Waals surface area contributed by atoms with Crippen LogP contribution < -0.4 is 5.32 Å². The number of fused-ring (bicyclic) bond motifs is 1. The maximum atomic E-state index is 13.4. The highest BCUT2D eigenvalue weighted by Crippen LogP contribution is 2.37. The Morgan fingerprint density at radius 1 is 1.03 bits per heavy atom. The molecule has 1 unspecified atom stereocenters. The van der Waals surface area contributed by atoms with Gasteiger partial charge in [-0.1, -0.05) is 60.7 Å². The minimum Gasteiger partial charge on any atom is -0.441 e. The summed E-state index contributed by atoms with van der Waals surface area (Å²) in [5.41, 5.74) is -0.499. The Hall–Kier alpha value is -3.75. The quantitative estimate of drug-likeness (QED) is 0.459. The number of nitrogens with one attached hydrogen (secondary N) is 1. The lowest BCUT2D eigenvalue weighted by molar-refractivity contribution is -0.138. The lowest BCUT2D eigenvalue weighted by Gasteiger charge is -2.37. The average molecular weight is 512 g/mol. The van der Waals surface area contributed by atoms with E-state index in [1.54, 1.807) is 4.90 Å². The first-order valence-electron chi connectivity index (χ1n) is 12.3. The van der Waals surface area contributed by atoms with E-state index >= 15 is 0 Å². The number of piperidine rings is 1. The van der Waals surface area contributed by atoms with E-state index in [1.165, 1.54) is 23.1 Å². The Morgan fingerprint density at radius 3 is 2.46 bits per heavy atom. The lowest BCUT2D eigenvalue weighted by atomic mass is 9.91. The summed E-state index contributed by atoms with van der Waals surface area (Å²) in [6, 6.07) is 18.9. The molecule has 6 nitrogen and oxygen atoms in total. The summed E-state index contributed by atoms with van der Waals surface area (Å²) in [5, 5.41) is 5.26. The molecule has 2 aliphatic rings. The van der Waals surface area contributed by atoms with Crippen molar-refractivity contribution in [2.75, 3.05) is 19.6 Å². The number of nitrogens with zero attached hydrogens (tertiary/aromatic N) is 2. The monoisotopic (exact) mass is 511 g/mol. The predicted molar refractivity (Wildman–Crippen MR) is 133 cm³/mol. The van der Waals surface area contributed by atoms with E-state index in [4.69, 9.17) is 4.74 Å². The van der Waals surface area contributed by atoms with Gasteiger partial charge >= 0.3 is 18.3 Å². The maximum Gasteiger partial charge on any atom is 0.416 e. The molecule has 0 bridgehead atoms. The van der Waals surface area contributed by atoms with Crippen molar-refractivity contribution in [1.29, 1.82) is 0 Å². The summed E-state index contributed by atoms with van der Waals surface area (Å²) >= 11 is 0. The van der Waals surface area contributed by atoms with Gasteiger partial charge in [-0.3, -0.25) is 4.90 Å². The number of rotatable bonds is 4. The number of hydrogen-bond donors (Lipinski definition) is 1. The van der Waals surface area contributed by atoms with Crippen molar-refractivity contribution < 1.29 is 27.5 Å². The molecule has 2 heterocycles. The third-order valence-corrected chi connectivity index (χ3v) is 7.32. The van der Waals surface area contributed by atoms with E-state index in [0.29, 0.717) is 25.9 Å². The molecule has 0 radical (unpaired) electrons. The van der Waals surface area contributed by atoms with Crippen molar-refractivity contribution in [2.24, 2.45) is 0 Å². The topological polar surface area (TPSA) is 61.9 Å². The Balaban J connectivity index is 1.20. The van der Waals surface area contributed by atoms with Crippen LogP contribution in [0.4, 0.5) is 22.8 Å². The van der Waals surface area contributed by atoms with Crippen LogP contribution in [0.5, 0.6) is 0 Å². The van der Waals surface area contributed by atoms with Gasteiger partial charge < -0.3 is 15.0 Å². The fourth-order valence-corrected chi connectivity index (χ4v) is 5.32. The number of ether oxygens (including phenoxy) is 1. The predicted octanol–water partition coefficient (Wildman–Crippen LogP) is 6.12. The Kier molecular flexibility index (Phi) is 6.47. The van der Waals surface area contributed by atoms with E-state index in [9.17, 15) is 22.8 Å². The van der Waals surface area contributed by atoms with E-state index in [-0.39, 0.29) is 30.7 Å². The number of benzene rings is 3. The number of likely N-dealkylation sites (tertiary alicyclic amines) is 1. The van der Waals surface area contributed by atoms with Gasteiger partial charge in [0.2, 0.25) is 0 Å². The summed E-state index contributed by atoms with van der Waals surface area (Å²) in [6.07, 6.45) is -4.28. The summed E-state index contributed by atoms with van der Waals surface area (Å²) in [7, 11) is 0. The van der Waals surface area contributed by atoms with Crippen LogP contribution in [-0.4, -0.2) is 47.2 Å². The summed E-state index contributed by atoms with van der Waals surface area (Å²) in [6.45, 7) is 2.73. The van der Waals surface area contributed by atoms with Crippen molar-refractivity contribution >= 4 is 22.9 Å². The van der Waals surface area contributed by atoms with Crippen LogP contribution in [0, 0.1) is 0 Å². The second-order valence-electron chi connectivity index (χ2n) is 9.79. The number of hydrogen-bond acceptors (Lipinski definition) is 3. The molecule has 194 valence electrons. The number of urea groups is 1. The first-order valence-corrected chi connectivity index (χ1v) is 12.3. The summed E-state index contributed by atoms with van der Waals surface area (Å²) in [4.78, 5) is 28.6. The van der Waals surface area contributed by atoms with Gasteiger partial charge in [-0.2, -0.15) is 13.2 Å². The second-order valence-corrected chi connectivity index (χ2v) is 9.79. The molecule has 0 aliphatic carbocycles. The van der Waals surface area contributed by atoms with Gasteiger partial charge in [0, 0.05) is 32.5 Å². The number of alkyl halides is 3.